The van der Waals surface area contributed by atoms with E-state index in [2.05, 4.69) is 0 Å². The van der Waals surface area contributed by atoms with Crippen molar-refractivity contribution >= 4 is 11.7 Å². The molecule has 1 aliphatic heterocycles. The van der Waals surface area contributed by atoms with Gasteiger partial charge in [0.25, 0.3) is 5.91 Å². The summed E-state index contributed by atoms with van der Waals surface area (Å²) < 4.78 is 0. The number of carbonyl (C=O) groups excluding carboxylic acids is 2. The van der Waals surface area contributed by atoms with Crippen LogP contribution < -0.4 is 5.73 Å². The molecule has 2 N–H and O–H groups in total. The van der Waals surface area contributed by atoms with Crippen LogP contribution in [-0.2, 0) is 9.59 Å². The molecule has 1 fully saturated rings. The second-order valence-electron chi connectivity index (χ2n) is 4.11. The van der Waals surface area contributed by atoms with E-state index in [1.54, 1.807) is 4.90 Å². The van der Waals surface area contributed by atoms with Crippen LogP contribution in [-0.4, -0.2) is 35.7 Å². The van der Waals surface area contributed by atoms with E-state index in [0.29, 0.717) is 19.5 Å². The van der Waals surface area contributed by atoms with E-state index in [4.69, 9.17) is 5.73 Å². The van der Waals surface area contributed by atoms with E-state index in [1.165, 1.54) is 0 Å². The first kappa shape index (κ1) is 16.1. The Bertz CT molecular complexity index is 241. The monoisotopic (exact) mass is 244 g/mol. The van der Waals surface area contributed by atoms with Crippen LogP contribution in [0.1, 0.15) is 54.3 Å². The molecule has 4 nitrogen and oxygen atoms in total. The maximum atomic E-state index is 11.7. The lowest BCUT2D eigenvalue weighted by molar-refractivity contribution is -0.146. The average molecular weight is 244 g/mol. The first-order valence-electron chi connectivity index (χ1n) is 6.75. The van der Waals surface area contributed by atoms with Crippen LogP contribution in [0.25, 0.3) is 0 Å². The molecule has 0 aromatic carbocycles. The highest BCUT2D eigenvalue weighted by Crippen LogP contribution is 2.10. The second kappa shape index (κ2) is 9.16. The van der Waals surface area contributed by atoms with Gasteiger partial charge >= 0.3 is 0 Å². The third-order valence-electron chi connectivity index (χ3n) is 2.79. The predicted octanol–water partition coefficient (Wildman–Crippen LogP) is 1.97. The molecule has 1 rings (SSSR count). The molecule has 1 atom stereocenters. The summed E-state index contributed by atoms with van der Waals surface area (Å²) in [5.74, 6) is -0.797. The van der Waals surface area contributed by atoms with E-state index in [9.17, 15) is 9.59 Å². The lowest BCUT2D eigenvalue weighted by Gasteiger charge is -2.26. The van der Waals surface area contributed by atoms with Crippen LogP contribution in [0.3, 0.4) is 0 Å². The Kier molecular flexibility index (Phi) is 8.68. The SMILES string of the molecule is CC.CCCC(N)C(=O)C(=O)N1CCCCC1.[HH]. The number of nitrogens with zero attached hydrogens (tertiary/aromatic N) is 1. The Labute approximate surface area is 106 Å². The zero-order chi connectivity index (χ0) is 13.3. The van der Waals surface area contributed by atoms with Crippen molar-refractivity contribution in [2.24, 2.45) is 5.73 Å². The van der Waals surface area contributed by atoms with Crippen LogP contribution in [0.15, 0.2) is 0 Å². The lowest BCUT2D eigenvalue weighted by atomic mass is 10.1. The number of hydrogen-bond donors (Lipinski definition) is 1. The van der Waals surface area contributed by atoms with Gasteiger partial charge in [-0.15, -0.1) is 0 Å². The van der Waals surface area contributed by atoms with Gasteiger partial charge in [0.15, 0.2) is 0 Å². The first-order valence-corrected chi connectivity index (χ1v) is 6.75. The van der Waals surface area contributed by atoms with Gasteiger partial charge in [-0.2, -0.15) is 0 Å². The molecule has 0 aromatic rings. The highest BCUT2D eigenvalue weighted by atomic mass is 16.2. The molecule has 0 bridgehead atoms. The van der Waals surface area contributed by atoms with Gasteiger partial charge in [0.1, 0.15) is 0 Å². The maximum Gasteiger partial charge on any atom is 0.291 e. The Balaban J connectivity index is 0. The summed E-state index contributed by atoms with van der Waals surface area (Å²) in [6.07, 6.45) is 4.58. The van der Waals surface area contributed by atoms with Crippen molar-refractivity contribution in [1.29, 1.82) is 0 Å². The summed E-state index contributed by atoms with van der Waals surface area (Å²) in [5, 5.41) is 0. The van der Waals surface area contributed by atoms with Gasteiger partial charge in [-0.05, 0) is 25.7 Å². The molecular weight excluding hydrogens is 216 g/mol. The number of Topliss-reactive ketones (excluding diaryl/α,β-unsaturated/α-hetero) is 1. The van der Waals surface area contributed by atoms with Gasteiger partial charge in [0, 0.05) is 14.5 Å². The fourth-order valence-electron chi connectivity index (χ4n) is 1.85. The smallest absolute Gasteiger partial charge is 0.291 e. The molecule has 1 heterocycles. The van der Waals surface area contributed by atoms with E-state index < -0.39 is 11.8 Å². The number of rotatable bonds is 4. The standard InChI is InChI=1S/C11H20N2O2.C2H6.H2/c1-2-6-9(12)10(14)11(15)13-7-4-3-5-8-13;1-2;/h9H,2-8,12H2,1H3;1-2H3;1H. The van der Waals surface area contributed by atoms with Crippen LogP contribution in [0.5, 0.6) is 0 Å². The van der Waals surface area contributed by atoms with E-state index >= 15 is 0 Å². The Morgan fingerprint density at radius 1 is 1.24 bits per heavy atom. The molecule has 1 unspecified atom stereocenters. The normalized spacial score (nSPS) is 16.8. The van der Waals surface area contributed by atoms with Crippen LogP contribution >= 0.6 is 0 Å². The summed E-state index contributed by atoms with van der Waals surface area (Å²) >= 11 is 0. The molecule has 0 radical (unpaired) electrons. The number of hydrogen-bond acceptors (Lipinski definition) is 3. The molecular formula is C13H28N2O2. The summed E-state index contributed by atoms with van der Waals surface area (Å²) in [5.41, 5.74) is 5.64. The molecule has 0 saturated carbocycles. The average Bonchev–Trinajstić information content (AvgIpc) is 2.40. The van der Waals surface area contributed by atoms with Crippen LogP contribution in [0.2, 0.25) is 0 Å². The van der Waals surface area contributed by atoms with Crippen molar-refractivity contribution in [3.05, 3.63) is 0 Å². The highest BCUT2D eigenvalue weighted by molar-refractivity contribution is 6.38. The maximum absolute atomic E-state index is 11.7. The van der Waals surface area contributed by atoms with Crippen molar-refractivity contribution in [3.8, 4) is 0 Å². The molecule has 102 valence electrons. The van der Waals surface area contributed by atoms with E-state index in [1.807, 2.05) is 20.8 Å². The predicted molar refractivity (Wildman–Crippen MR) is 71.8 cm³/mol. The van der Waals surface area contributed by atoms with Crippen molar-refractivity contribution in [2.75, 3.05) is 13.1 Å². The fraction of sp³-hybridized carbons (Fsp3) is 0.846. The zero-order valence-electron chi connectivity index (χ0n) is 11.4. The lowest BCUT2D eigenvalue weighted by Crippen LogP contribution is -2.46. The number of ketones is 1. The third kappa shape index (κ3) is 5.31. The molecule has 17 heavy (non-hydrogen) atoms. The van der Waals surface area contributed by atoms with Crippen molar-refractivity contribution in [2.45, 2.75) is 58.9 Å². The molecule has 1 amide bonds. The van der Waals surface area contributed by atoms with Crippen molar-refractivity contribution in [3.63, 3.8) is 0 Å². The molecule has 1 aliphatic rings. The quantitative estimate of drug-likeness (QED) is 0.769. The zero-order valence-corrected chi connectivity index (χ0v) is 11.4. The van der Waals surface area contributed by atoms with Crippen molar-refractivity contribution in [1.82, 2.24) is 4.90 Å². The number of amides is 1. The van der Waals surface area contributed by atoms with E-state index in [0.717, 1.165) is 25.7 Å². The van der Waals surface area contributed by atoms with Crippen molar-refractivity contribution < 1.29 is 11.0 Å². The summed E-state index contributed by atoms with van der Waals surface area (Å²) in [6.45, 7) is 7.38. The number of likely N-dealkylation sites (tertiary alicyclic amines) is 1. The molecule has 0 spiro atoms. The highest BCUT2D eigenvalue weighted by Gasteiger charge is 2.27. The largest absolute Gasteiger partial charge is 0.336 e. The molecule has 4 heteroatoms. The summed E-state index contributed by atoms with van der Waals surface area (Å²) in [7, 11) is 0. The van der Waals surface area contributed by atoms with E-state index in [-0.39, 0.29) is 7.33 Å². The summed E-state index contributed by atoms with van der Waals surface area (Å²) in [4.78, 5) is 25.0. The number of nitrogens with two attached hydrogens (primary N) is 1. The van der Waals surface area contributed by atoms with Gasteiger partial charge in [0.2, 0.25) is 5.78 Å². The second-order valence-corrected chi connectivity index (χ2v) is 4.11. The van der Waals surface area contributed by atoms with Gasteiger partial charge in [-0.3, -0.25) is 9.59 Å². The molecule has 1 saturated heterocycles. The minimum atomic E-state index is -0.607. The number of piperidine rings is 1. The van der Waals surface area contributed by atoms with Crippen LogP contribution in [0.4, 0.5) is 0 Å². The number of carbonyl (C=O) groups is 2. The Hall–Kier alpha value is -0.900. The van der Waals surface area contributed by atoms with Gasteiger partial charge in [-0.1, -0.05) is 27.2 Å². The minimum absolute atomic E-state index is 0. The fourth-order valence-corrected chi connectivity index (χ4v) is 1.85. The van der Waals surface area contributed by atoms with Gasteiger partial charge < -0.3 is 10.6 Å². The Morgan fingerprint density at radius 2 is 1.76 bits per heavy atom. The topological polar surface area (TPSA) is 63.4 Å². The first-order chi connectivity index (χ1) is 8.16. The van der Waals surface area contributed by atoms with Crippen LogP contribution in [0, 0.1) is 0 Å². The third-order valence-corrected chi connectivity index (χ3v) is 2.79. The summed E-state index contributed by atoms with van der Waals surface area (Å²) in [6, 6.07) is -0.607. The minimum Gasteiger partial charge on any atom is -0.336 e. The van der Waals surface area contributed by atoms with Gasteiger partial charge in [-0.25, -0.2) is 0 Å². The van der Waals surface area contributed by atoms with Gasteiger partial charge in [0.05, 0.1) is 6.04 Å². The molecule has 0 aliphatic carbocycles. The molecule has 0 aromatic heterocycles. The Morgan fingerprint density at radius 3 is 2.24 bits per heavy atom.